The Labute approximate surface area is 57.9 Å². The van der Waals surface area contributed by atoms with Crippen molar-refractivity contribution in [3.8, 4) is 0 Å². The van der Waals surface area contributed by atoms with Gasteiger partial charge in [-0.05, 0) is 5.41 Å². The van der Waals surface area contributed by atoms with E-state index in [2.05, 4.69) is 6.58 Å². The predicted molar refractivity (Wildman–Crippen MR) is 38.1 cm³/mol. The minimum atomic E-state index is -0.0147. The van der Waals surface area contributed by atoms with Crippen LogP contribution in [-0.2, 0) is 0 Å². The highest BCUT2D eigenvalue weighted by Gasteiger charge is 1.96. The van der Waals surface area contributed by atoms with Crippen molar-refractivity contribution in [2.75, 3.05) is 5.88 Å². The summed E-state index contributed by atoms with van der Waals surface area (Å²) in [5.74, 6) is 0.470. The van der Waals surface area contributed by atoms with Gasteiger partial charge in [-0.25, -0.2) is 0 Å². The largest absolute Gasteiger partial charge is 0.124 e. The van der Waals surface area contributed by atoms with E-state index in [0.29, 0.717) is 5.88 Å². The quantitative estimate of drug-likeness (QED) is 0.567. The average molecular weight is 157 g/mol. The summed E-state index contributed by atoms with van der Waals surface area (Å²) in [6.07, 6.45) is 0. The van der Waals surface area contributed by atoms with E-state index in [1.54, 1.807) is 5.41 Å². The van der Waals surface area contributed by atoms with Crippen LogP contribution in [0.15, 0.2) is 12.0 Å². The van der Waals surface area contributed by atoms with Crippen molar-refractivity contribution in [2.45, 2.75) is 4.71 Å². The van der Waals surface area contributed by atoms with E-state index >= 15 is 0 Å². The van der Waals surface area contributed by atoms with E-state index in [0.717, 1.165) is 0 Å². The molecule has 0 aromatic heterocycles. The van der Waals surface area contributed by atoms with Gasteiger partial charge in [-0.3, -0.25) is 0 Å². The zero-order valence-corrected chi connectivity index (χ0v) is 6.06. The van der Waals surface area contributed by atoms with Crippen LogP contribution in [0.3, 0.4) is 0 Å². The van der Waals surface area contributed by atoms with E-state index in [1.807, 2.05) is 0 Å². The summed E-state index contributed by atoms with van der Waals surface area (Å²) in [4.78, 5) is 0. The third-order valence-corrected chi connectivity index (χ3v) is 2.13. The first-order valence-electron chi connectivity index (χ1n) is 1.77. The van der Waals surface area contributed by atoms with E-state index in [-0.39, 0.29) is 4.71 Å². The van der Waals surface area contributed by atoms with Crippen LogP contribution in [0.4, 0.5) is 0 Å². The number of thioether (sulfide) groups is 1. The molecule has 0 spiro atoms. The van der Waals surface area contributed by atoms with Gasteiger partial charge in [-0.2, -0.15) is 0 Å². The topological polar surface area (TPSA) is 0 Å². The van der Waals surface area contributed by atoms with Crippen molar-refractivity contribution in [1.29, 1.82) is 0 Å². The Hall–Kier alpha value is 0.670. The highest BCUT2D eigenvalue weighted by molar-refractivity contribution is 8.03. The standard InChI is InChI=1S/C4H6Cl2S/c1-2-7-4(6)3-5/h2,4H,1,3H2. The van der Waals surface area contributed by atoms with Gasteiger partial charge in [0.05, 0.1) is 4.71 Å². The molecule has 0 N–H and O–H groups in total. The van der Waals surface area contributed by atoms with Crippen LogP contribution in [0.25, 0.3) is 0 Å². The van der Waals surface area contributed by atoms with Crippen LogP contribution in [-0.4, -0.2) is 10.6 Å². The molecule has 0 saturated carbocycles. The molecule has 1 unspecified atom stereocenters. The molecule has 1 atom stereocenters. The molecule has 0 aromatic rings. The molecule has 0 bridgehead atoms. The molecule has 7 heavy (non-hydrogen) atoms. The first kappa shape index (κ1) is 7.67. The molecule has 0 aliphatic carbocycles. The van der Waals surface area contributed by atoms with E-state index < -0.39 is 0 Å². The monoisotopic (exact) mass is 156 g/mol. The molecule has 0 rings (SSSR count). The molecular weight excluding hydrogens is 151 g/mol. The third kappa shape index (κ3) is 4.52. The van der Waals surface area contributed by atoms with Gasteiger partial charge in [0.15, 0.2) is 0 Å². The van der Waals surface area contributed by atoms with Crippen molar-refractivity contribution in [3.05, 3.63) is 12.0 Å². The van der Waals surface area contributed by atoms with Crippen LogP contribution in [0.1, 0.15) is 0 Å². The van der Waals surface area contributed by atoms with Crippen LogP contribution < -0.4 is 0 Å². The summed E-state index contributed by atoms with van der Waals surface area (Å²) in [7, 11) is 0. The summed E-state index contributed by atoms with van der Waals surface area (Å²) >= 11 is 12.3. The maximum atomic E-state index is 5.53. The Morgan fingerprint density at radius 1 is 1.86 bits per heavy atom. The lowest BCUT2D eigenvalue weighted by atomic mass is 10.9. The minimum absolute atomic E-state index is 0.0147. The van der Waals surface area contributed by atoms with Gasteiger partial charge in [0.2, 0.25) is 0 Å². The summed E-state index contributed by atoms with van der Waals surface area (Å²) in [5, 5.41) is 1.68. The number of rotatable bonds is 3. The van der Waals surface area contributed by atoms with E-state index in [9.17, 15) is 0 Å². The number of hydrogen-bond donors (Lipinski definition) is 0. The zero-order chi connectivity index (χ0) is 5.70. The van der Waals surface area contributed by atoms with E-state index in [1.165, 1.54) is 11.8 Å². The zero-order valence-electron chi connectivity index (χ0n) is 3.73. The van der Waals surface area contributed by atoms with Crippen molar-refractivity contribution in [1.82, 2.24) is 0 Å². The fraction of sp³-hybridized carbons (Fsp3) is 0.500. The van der Waals surface area contributed by atoms with Crippen LogP contribution in [0, 0.1) is 0 Å². The highest BCUT2D eigenvalue weighted by Crippen LogP contribution is 2.15. The fourth-order valence-corrected chi connectivity index (χ4v) is 0.859. The smallest absolute Gasteiger partial charge is 0.0964 e. The summed E-state index contributed by atoms with van der Waals surface area (Å²) < 4.78 is -0.0147. The summed E-state index contributed by atoms with van der Waals surface area (Å²) in [5.41, 5.74) is 0. The number of halogens is 2. The average Bonchev–Trinajstić information content (AvgIpc) is 1.68. The molecule has 0 amide bonds. The lowest BCUT2D eigenvalue weighted by Crippen LogP contribution is -1.88. The van der Waals surface area contributed by atoms with Crippen LogP contribution in [0.5, 0.6) is 0 Å². The van der Waals surface area contributed by atoms with Crippen LogP contribution >= 0.6 is 35.0 Å². The van der Waals surface area contributed by atoms with Gasteiger partial charge < -0.3 is 0 Å². The molecule has 0 heterocycles. The van der Waals surface area contributed by atoms with Gasteiger partial charge >= 0.3 is 0 Å². The molecular formula is C4H6Cl2S. The number of hydrogen-bond acceptors (Lipinski definition) is 1. The van der Waals surface area contributed by atoms with Gasteiger partial charge in [0.25, 0.3) is 0 Å². The molecule has 42 valence electrons. The molecule has 3 heteroatoms. The summed E-state index contributed by atoms with van der Waals surface area (Å²) in [6, 6.07) is 0. The van der Waals surface area contributed by atoms with Crippen LogP contribution in [0.2, 0.25) is 0 Å². The lowest BCUT2D eigenvalue weighted by Gasteiger charge is -1.95. The SMILES string of the molecule is C=CSC(Cl)CCl. The molecule has 0 saturated heterocycles. The van der Waals surface area contributed by atoms with E-state index in [4.69, 9.17) is 23.2 Å². The van der Waals surface area contributed by atoms with Crippen molar-refractivity contribution < 1.29 is 0 Å². The number of alkyl halides is 2. The first-order valence-corrected chi connectivity index (χ1v) is 3.69. The second-order valence-corrected chi connectivity index (χ2v) is 3.14. The molecule has 0 aromatic carbocycles. The predicted octanol–water partition coefficient (Wildman–Crippen LogP) is 2.67. The minimum Gasteiger partial charge on any atom is -0.124 e. The van der Waals surface area contributed by atoms with Crippen molar-refractivity contribution in [3.63, 3.8) is 0 Å². The Morgan fingerprint density at radius 3 is 2.57 bits per heavy atom. The molecule has 0 aliphatic rings. The first-order chi connectivity index (χ1) is 3.31. The van der Waals surface area contributed by atoms with Gasteiger partial charge in [-0.1, -0.05) is 6.58 Å². The highest BCUT2D eigenvalue weighted by atomic mass is 35.5. The third-order valence-electron chi connectivity index (χ3n) is 0.365. The molecule has 0 nitrogen and oxygen atoms in total. The molecule has 0 fully saturated rings. The normalized spacial score (nSPS) is 13.4. The second kappa shape index (κ2) is 4.82. The van der Waals surface area contributed by atoms with Crippen molar-refractivity contribution >= 4 is 35.0 Å². The molecule has 0 aliphatic heterocycles. The van der Waals surface area contributed by atoms with Crippen molar-refractivity contribution in [2.24, 2.45) is 0 Å². The Balaban J connectivity index is 2.98. The van der Waals surface area contributed by atoms with Gasteiger partial charge in [0.1, 0.15) is 0 Å². The fourth-order valence-electron chi connectivity index (χ4n) is 0.141. The molecule has 0 radical (unpaired) electrons. The lowest BCUT2D eigenvalue weighted by molar-refractivity contribution is 1.42. The van der Waals surface area contributed by atoms with Gasteiger partial charge in [0, 0.05) is 5.88 Å². The Kier molecular flexibility index (Phi) is 5.28. The Bertz CT molecular complexity index is 55.7. The maximum absolute atomic E-state index is 5.53. The van der Waals surface area contributed by atoms with Gasteiger partial charge in [-0.15, -0.1) is 35.0 Å². The maximum Gasteiger partial charge on any atom is 0.0964 e. The Morgan fingerprint density at radius 2 is 2.43 bits per heavy atom. The second-order valence-electron chi connectivity index (χ2n) is 0.867. The summed E-state index contributed by atoms with van der Waals surface area (Å²) in [6.45, 7) is 3.47.